The summed E-state index contributed by atoms with van der Waals surface area (Å²) in [5, 5.41) is 3.11. The molecule has 1 aromatic rings. The number of carbonyl (C=O) groups excluding carboxylic acids is 1. The summed E-state index contributed by atoms with van der Waals surface area (Å²) < 4.78 is 5.53. The lowest BCUT2D eigenvalue weighted by Gasteiger charge is -2.21. The molecule has 1 aliphatic rings. The molecule has 0 radical (unpaired) electrons. The number of hydrogen-bond donors (Lipinski definition) is 1. The van der Waals surface area contributed by atoms with Gasteiger partial charge in [0, 0.05) is 6.04 Å². The molecule has 3 nitrogen and oxygen atoms in total. The van der Waals surface area contributed by atoms with Gasteiger partial charge in [-0.15, -0.1) is 0 Å². The van der Waals surface area contributed by atoms with Crippen LogP contribution in [0.1, 0.15) is 50.5 Å². The molecular weight excluding hydrogens is 250 g/mol. The van der Waals surface area contributed by atoms with Crippen LogP contribution in [0.3, 0.4) is 0 Å². The average molecular weight is 275 g/mol. The lowest BCUT2D eigenvalue weighted by molar-refractivity contribution is -0.123. The van der Waals surface area contributed by atoms with E-state index in [2.05, 4.69) is 5.32 Å². The van der Waals surface area contributed by atoms with E-state index < -0.39 is 0 Å². The van der Waals surface area contributed by atoms with Crippen LogP contribution in [0.15, 0.2) is 24.3 Å². The van der Waals surface area contributed by atoms with E-state index in [0.29, 0.717) is 6.04 Å². The Morgan fingerprint density at radius 2 is 1.90 bits per heavy atom. The predicted octanol–water partition coefficient (Wildman–Crippen LogP) is 3.60. The molecule has 1 aromatic carbocycles. The quantitative estimate of drug-likeness (QED) is 0.911. The fourth-order valence-corrected chi connectivity index (χ4v) is 2.72. The largest absolute Gasteiger partial charge is 0.484 e. The molecule has 0 atom stereocenters. The van der Waals surface area contributed by atoms with E-state index in [1.807, 2.05) is 31.2 Å². The molecule has 1 N–H and O–H groups in total. The lowest BCUT2D eigenvalue weighted by Crippen LogP contribution is -2.38. The first-order valence-electron chi connectivity index (χ1n) is 7.73. The maximum Gasteiger partial charge on any atom is 0.258 e. The van der Waals surface area contributed by atoms with Crippen molar-refractivity contribution in [3.8, 4) is 5.75 Å². The Kier molecular flexibility index (Phi) is 5.90. The van der Waals surface area contributed by atoms with Crippen molar-refractivity contribution in [3.05, 3.63) is 29.8 Å². The van der Waals surface area contributed by atoms with Gasteiger partial charge >= 0.3 is 0 Å². The van der Waals surface area contributed by atoms with E-state index in [0.717, 1.165) is 24.2 Å². The zero-order valence-corrected chi connectivity index (χ0v) is 12.4. The minimum atomic E-state index is -0.00270. The van der Waals surface area contributed by atoms with Crippen molar-refractivity contribution in [3.63, 3.8) is 0 Å². The monoisotopic (exact) mass is 275 g/mol. The van der Waals surface area contributed by atoms with E-state index in [1.165, 1.54) is 32.1 Å². The highest BCUT2D eigenvalue weighted by Gasteiger charge is 2.14. The van der Waals surface area contributed by atoms with Crippen molar-refractivity contribution < 1.29 is 9.53 Å². The highest BCUT2D eigenvalue weighted by atomic mass is 16.5. The molecular formula is C17H25NO2. The van der Waals surface area contributed by atoms with Crippen LogP contribution in [0.4, 0.5) is 0 Å². The minimum absolute atomic E-state index is 0.00270. The third kappa shape index (κ3) is 5.24. The summed E-state index contributed by atoms with van der Waals surface area (Å²) in [6.45, 7) is 2.13. The molecule has 3 heteroatoms. The second-order valence-corrected chi connectivity index (χ2v) is 5.71. The third-order valence-electron chi connectivity index (χ3n) is 3.83. The summed E-state index contributed by atoms with van der Waals surface area (Å²) in [4.78, 5) is 11.9. The van der Waals surface area contributed by atoms with Crippen LogP contribution in [0.5, 0.6) is 5.75 Å². The van der Waals surface area contributed by atoms with E-state index in [9.17, 15) is 4.79 Å². The molecule has 1 fully saturated rings. The van der Waals surface area contributed by atoms with E-state index in [4.69, 9.17) is 4.74 Å². The number of carbonyl (C=O) groups is 1. The molecule has 2 rings (SSSR count). The molecule has 0 unspecified atom stereocenters. The van der Waals surface area contributed by atoms with Gasteiger partial charge in [-0.05, 0) is 37.5 Å². The van der Waals surface area contributed by atoms with Gasteiger partial charge in [0.05, 0.1) is 0 Å². The number of nitrogens with one attached hydrogen (secondary N) is 1. The van der Waals surface area contributed by atoms with Gasteiger partial charge in [-0.25, -0.2) is 0 Å². The Bertz CT molecular complexity index is 423. The van der Waals surface area contributed by atoms with Crippen LogP contribution in [0.25, 0.3) is 0 Å². The van der Waals surface area contributed by atoms with Gasteiger partial charge < -0.3 is 10.1 Å². The van der Waals surface area contributed by atoms with Crippen molar-refractivity contribution in [2.24, 2.45) is 0 Å². The van der Waals surface area contributed by atoms with Crippen LogP contribution in [0.2, 0.25) is 0 Å². The van der Waals surface area contributed by atoms with Gasteiger partial charge in [-0.2, -0.15) is 0 Å². The smallest absolute Gasteiger partial charge is 0.258 e. The first-order valence-corrected chi connectivity index (χ1v) is 7.73. The Morgan fingerprint density at radius 3 is 2.60 bits per heavy atom. The van der Waals surface area contributed by atoms with Crippen LogP contribution in [0, 0.1) is 6.92 Å². The van der Waals surface area contributed by atoms with Gasteiger partial charge in [0.25, 0.3) is 5.91 Å². The molecule has 0 bridgehead atoms. The molecule has 0 aromatic heterocycles. The first-order chi connectivity index (χ1) is 9.74. The van der Waals surface area contributed by atoms with E-state index in [1.54, 1.807) is 0 Å². The lowest BCUT2D eigenvalue weighted by atomic mass is 9.97. The standard InChI is InChI=1S/C17H25NO2/c1-14-8-7-11-16(12-14)20-13-17(19)18-15-9-5-3-2-4-6-10-15/h7-8,11-12,15H,2-6,9-10,13H2,1H3,(H,18,19). The van der Waals surface area contributed by atoms with Crippen LogP contribution >= 0.6 is 0 Å². The predicted molar refractivity (Wildman–Crippen MR) is 80.9 cm³/mol. The number of rotatable bonds is 4. The summed E-state index contributed by atoms with van der Waals surface area (Å²) in [6.07, 6.45) is 8.61. The summed E-state index contributed by atoms with van der Waals surface area (Å²) in [6, 6.07) is 8.13. The Balaban J connectivity index is 1.74. The number of aryl methyl sites for hydroxylation is 1. The molecule has 0 heterocycles. The summed E-state index contributed by atoms with van der Waals surface area (Å²) >= 11 is 0. The highest BCUT2D eigenvalue weighted by molar-refractivity contribution is 5.77. The zero-order valence-electron chi connectivity index (χ0n) is 12.4. The molecule has 1 amide bonds. The van der Waals surface area contributed by atoms with E-state index >= 15 is 0 Å². The van der Waals surface area contributed by atoms with Crippen molar-refractivity contribution in [2.75, 3.05) is 6.61 Å². The first kappa shape index (κ1) is 14.9. The molecule has 1 saturated carbocycles. The van der Waals surface area contributed by atoms with Gasteiger partial charge in [0.2, 0.25) is 0 Å². The summed E-state index contributed by atoms with van der Waals surface area (Å²) in [5.74, 6) is 0.759. The Labute approximate surface area is 121 Å². The van der Waals surface area contributed by atoms with E-state index in [-0.39, 0.29) is 12.5 Å². The molecule has 0 saturated heterocycles. The summed E-state index contributed by atoms with van der Waals surface area (Å²) in [7, 11) is 0. The number of benzene rings is 1. The minimum Gasteiger partial charge on any atom is -0.484 e. The summed E-state index contributed by atoms with van der Waals surface area (Å²) in [5.41, 5.74) is 1.14. The maximum absolute atomic E-state index is 11.9. The van der Waals surface area contributed by atoms with Crippen molar-refractivity contribution in [1.82, 2.24) is 5.32 Å². The Hall–Kier alpha value is -1.51. The normalized spacial score (nSPS) is 17.1. The van der Waals surface area contributed by atoms with Crippen molar-refractivity contribution in [1.29, 1.82) is 0 Å². The zero-order chi connectivity index (χ0) is 14.2. The van der Waals surface area contributed by atoms with Crippen LogP contribution in [-0.4, -0.2) is 18.6 Å². The number of hydrogen-bond acceptors (Lipinski definition) is 2. The van der Waals surface area contributed by atoms with Gasteiger partial charge in [0.15, 0.2) is 6.61 Å². The SMILES string of the molecule is Cc1cccc(OCC(=O)NC2CCCCCCC2)c1. The maximum atomic E-state index is 11.9. The van der Waals surface area contributed by atoms with Gasteiger partial charge in [-0.3, -0.25) is 4.79 Å². The van der Waals surface area contributed by atoms with Gasteiger partial charge in [-0.1, -0.05) is 44.2 Å². The van der Waals surface area contributed by atoms with Crippen molar-refractivity contribution in [2.45, 2.75) is 57.9 Å². The second-order valence-electron chi connectivity index (χ2n) is 5.71. The van der Waals surface area contributed by atoms with Gasteiger partial charge in [0.1, 0.15) is 5.75 Å². The highest BCUT2D eigenvalue weighted by Crippen LogP contribution is 2.17. The number of ether oxygens (including phenoxy) is 1. The topological polar surface area (TPSA) is 38.3 Å². The number of amides is 1. The fraction of sp³-hybridized carbons (Fsp3) is 0.588. The Morgan fingerprint density at radius 1 is 1.20 bits per heavy atom. The van der Waals surface area contributed by atoms with Crippen LogP contribution in [-0.2, 0) is 4.79 Å². The third-order valence-corrected chi connectivity index (χ3v) is 3.83. The fourth-order valence-electron chi connectivity index (χ4n) is 2.72. The molecule has 0 aliphatic heterocycles. The molecule has 0 spiro atoms. The average Bonchev–Trinajstić information content (AvgIpc) is 2.39. The molecule has 110 valence electrons. The van der Waals surface area contributed by atoms with Crippen molar-refractivity contribution >= 4 is 5.91 Å². The second kappa shape index (κ2) is 7.93. The van der Waals surface area contributed by atoms with Crippen LogP contribution < -0.4 is 10.1 Å². The molecule has 20 heavy (non-hydrogen) atoms. The molecule has 1 aliphatic carbocycles.